The number of aromatic nitrogens is 1. The van der Waals surface area contributed by atoms with Crippen molar-refractivity contribution in [2.45, 2.75) is 32.6 Å². The van der Waals surface area contributed by atoms with Crippen LogP contribution in [0.5, 0.6) is 0 Å². The lowest BCUT2D eigenvalue weighted by Gasteiger charge is -2.37. The number of rotatable bonds is 4. The average molecular weight is 378 g/mol. The predicted octanol–water partition coefficient (Wildman–Crippen LogP) is 3.42. The maximum atomic E-state index is 14.6. The minimum Gasteiger partial charge on any atom is -0.372 e. The monoisotopic (exact) mass is 377 g/mol. The van der Waals surface area contributed by atoms with Crippen LogP contribution in [0, 0.1) is 5.82 Å². The molecule has 2 unspecified atom stereocenters. The molecule has 7 heteroatoms. The van der Waals surface area contributed by atoms with Crippen LogP contribution in [0.2, 0.25) is 5.02 Å². The number of halogens is 2. The van der Waals surface area contributed by atoms with Crippen molar-refractivity contribution in [1.82, 2.24) is 10.3 Å². The number of carbonyl (C=O) groups is 1. The first-order chi connectivity index (χ1) is 12.4. The van der Waals surface area contributed by atoms with E-state index < -0.39 is 0 Å². The highest BCUT2D eigenvalue weighted by atomic mass is 35.5. The van der Waals surface area contributed by atoms with Crippen LogP contribution >= 0.6 is 11.6 Å². The van der Waals surface area contributed by atoms with Gasteiger partial charge in [-0.2, -0.15) is 0 Å². The molecule has 1 N–H and O–H groups in total. The maximum absolute atomic E-state index is 14.6. The number of benzene rings is 1. The van der Waals surface area contributed by atoms with Crippen LogP contribution in [0.3, 0.4) is 0 Å². The summed E-state index contributed by atoms with van der Waals surface area (Å²) < 4.78 is 20.3. The Labute approximate surface area is 157 Å². The Balaban J connectivity index is 1.65. The summed E-state index contributed by atoms with van der Waals surface area (Å²) in [5, 5.41) is 3.16. The van der Waals surface area contributed by atoms with E-state index in [2.05, 4.69) is 10.3 Å². The second-order valence-electron chi connectivity index (χ2n) is 6.49. The molecule has 5 nitrogen and oxygen atoms in total. The highest BCUT2D eigenvalue weighted by Crippen LogP contribution is 2.24. The molecular formula is C19H21ClFN3O2. The van der Waals surface area contributed by atoms with E-state index >= 15 is 0 Å². The van der Waals surface area contributed by atoms with Gasteiger partial charge < -0.3 is 15.0 Å². The minimum atomic E-state index is -0.354. The van der Waals surface area contributed by atoms with Gasteiger partial charge in [0.25, 0.3) is 5.91 Å². The molecule has 1 aromatic heterocycles. The van der Waals surface area contributed by atoms with Gasteiger partial charge in [0, 0.05) is 30.9 Å². The number of pyridine rings is 1. The Morgan fingerprint density at radius 2 is 2.04 bits per heavy atom. The zero-order chi connectivity index (χ0) is 18.7. The molecule has 0 aliphatic carbocycles. The van der Waals surface area contributed by atoms with E-state index in [4.69, 9.17) is 16.3 Å². The molecule has 3 rings (SSSR count). The number of amides is 1. The van der Waals surface area contributed by atoms with E-state index in [1.165, 1.54) is 18.3 Å². The van der Waals surface area contributed by atoms with E-state index in [0.29, 0.717) is 29.4 Å². The van der Waals surface area contributed by atoms with E-state index in [1.807, 2.05) is 24.8 Å². The van der Waals surface area contributed by atoms with Crippen molar-refractivity contribution in [3.8, 4) is 0 Å². The summed E-state index contributed by atoms with van der Waals surface area (Å²) in [6.07, 6.45) is 1.58. The lowest BCUT2D eigenvalue weighted by atomic mass is 10.1. The molecule has 0 spiro atoms. The SMILES string of the molecule is CC1CN(c2ccc(CNC(=O)c3cc(Cl)ccn3)cc2F)CC(C)O1. The van der Waals surface area contributed by atoms with Gasteiger partial charge in [-0.25, -0.2) is 4.39 Å². The topological polar surface area (TPSA) is 54.5 Å². The van der Waals surface area contributed by atoms with Gasteiger partial charge >= 0.3 is 0 Å². The Morgan fingerprint density at radius 1 is 1.31 bits per heavy atom. The Bertz CT molecular complexity index is 792. The number of hydrogen-bond acceptors (Lipinski definition) is 4. The average Bonchev–Trinajstić information content (AvgIpc) is 2.59. The summed E-state index contributed by atoms with van der Waals surface area (Å²) in [6.45, 7) is 5.47. The number of nitrogens with zero attached hydrogens (tertiary/aromatic N) is 2. The summed E-state index contributed by atoms with van der Waals surface area (Å²) in [5.74, 6) is -0.660. The van der Waals surface area contributed by atoms with Gasteiger partial charge in [-0.15, -0.1) is 0 Å². The molecule has 1 aromatic carbocycles. The first-order valence-corrected chi connectivity index (χ1v) is 8.89. The van der Waals surface area contributed by atoms with Gasteiger partial charge in [0.15, 0.2) is 0 Å². The van der Waals surface area contributed by atoms with Crippen molar-refractivity contribution in [2.24, 2.45) is 0 Å². The van der Waals surface area contributed by atoms with Crippen molar-refractivity contribution in [2.75, 3.05) is 18.0 Å². The zero-order valence-corrected chi connectivity index (χ0v) is 15.5. The molecular weight excluding hydrogens is 357 g/mol. The number of carbonyl (C=O) groups excluding carboxylic acids is 1. The first kappa shape index (κ1) is 18.6. The van der Waals surface area contributed by atoms with Crippen molar-refractivity contribution in [3.05, 3.63) is 58.6 Å². The van der Waals surface area contributed by atoms with Crippen molar-refractivity contribution in [1.29, 1.82) is 0 Å². The third-order valence-corrected chi connectivity index (χ3v) is 4.42. The molecule has 1 aliphatic rings. The summed E-state index contributed by atoms with van der Waals surface area (Å²) >= 11 is 5.86. The second-order valence-corrected chi connectivity index (χ2v) is 6.93. The maximum Gasteiger partial charge on any atom is 0.270 e. The third kappa shape index (κ3) is 4.51. The molecule has 0 bridgehead atoms. The van der Waals surface area contributed by atoms with Crippen LogP contribution in [0.15, 0.2) is 36.5 Å². The van der Waals surface area contributed by atoms with Crippen LogP contribution in [0.4, 0.5) is 10.1 Å². The molecule has 2 heterocycles. The van der Waals surface area contributed by atoms with Gasteiger partial charge in [0.2, 0.25) is 0 Å². The van der Waals surface area contributed by atoms with E-state index in [1.54, 1.807) is 12.1 Å². The van der Waals surface area contributed by atoms with Gasteiger partial charge in [0.1, 0.15) is 11.5 Å². The lowest BCUT2D eigenvalue weighted by molar-refractivity contribution is -0.00539. The predicted molar refractivity (Wildman–Crippen MR) is 99.0 cm³/mol. The minimum absolute atomic E-state index is 0.0577. The number of nitrogens with one attached hydrogen (secondary N) is 1. The zero-order valence-electron chi connectivity index (χ0n) is 14.7. The summed E-state index contributed by atoms with van der Waals surface area (Å²) in [5.41, 5.74) is 1.46. The van der Waals surface area contributed by atoms with Crippen LogP contribution in [-0.4, -0.2) is 36.2 Å². The van der Waals surface area contributed by atoms with E-state index in [-0.39, 0.29) is 36.2 Å². The van der Waals surface area contributed by atoms with Crippen LogP contribution in [0.25, 0.3) is 0 Å². The smallest absolute Gasteiger partial charge is 0.270 e. The molecule has 1 amide bonds. The van der Waals surface area contributed by atoms with E-state index in [0.717, 1.165) is 0 Å². The molecule has 2 aromatic rings. The van der Waals surface area contributed by atoms with Crippen molar-refractivity contribution >= 4 is 23.2 Å². The molecule has 1 saturated heterocycles. The van der Waals surface area contributed by atoms with Gasteiger partial charge in [-0.1, -0.05) is 17.7 Å². The fourth-order valence-corrected chi connectivity index (χ4v) is 3.25. The van der Waals surface area contributed by atoms with Crippen LogP contribution < -0.4 is 10.2 Å². The molecule has 2 atom stereocenters. The Morgan fingerprint density at radius 3 is 2.69 bits per heavy atom. The molecule has 138 valence electrons. The van der Waals surface area contributed by atoms with Crippen molar-refractivity contribution in [3.63, 3.8) is 0 Å². The van der Waals surface area contributed by atoms with Gasteiger partial charge in [0.05, 0.1) is 17.9 Å². The second kappa shape index (κ2) is 8.01. The number of morpholine rings is 1. The molecule has 1 aliphatic heterocycles. The number of hydrogen-bond donors (Lipinski definition) is 1. The van der Waals surface area contributed by atoms with Crippen LogP contribution in [0.1, 0.15) is 29.9 Å². The fraction of sp³-hybridized carbons (Fsp3) is 0.368. The summed E-state index contributed by atoms with van der Waals surface area (Å²) in [4.78, 5) is 18.1. The van der Waals surface area contributed by atoms with Crippen LogP contribution in [-0.2, 0) is 11.3 Å². The highest BCUT2D eigenvalue weighted by molar-refractivity contribution is 6.30. The standard InChI is InChI=1S/C19H21ClFN3O2/c1-12-10-24(11-13(2)26-12)18-4-3-14(7-16(18)21)9-23-19(25)17-8-15(20)5-6-22-17/h3-8,12-13H,9-11H2,1-2H3,(H,23,25). The quantitative estimate of drug-likeness (QED) is 0.887. The first-order valence-electron chi connectivity index (χ1n) is 8.51. The molecule has 1 fully saturated rings. The number of ether oxygens (including phenoxy) is 1. The lowest BCUT2D eigenvalue weighted by Crippen LogP contribution is -2.45. The van der Waals surface area contributed by atoms with E-state index in [9.17, 15) is 9.18 Å². The Kier molecular flexibility index (Phi) is 5.74. The van der Waals surface area contributed by atoms with Gasteiger partial charge in [-0.3, -0.25) is 9.78 Å². The largest absolute Gasteiger partial charge is 0.372 e. The molecule has 0 saturated carbocycles. The molecule has 26 heavy (non-hydrogen) atoms. The molecule has 0 radical (unpaired) electrons. The van der Waals surface area contributed by atoms with Gasteiger partial charge in [-0.05, 0) is 43.7 Å². The van der Waals surface area contributed by atoms with Crippen molar-refractivity contribution < 1.29 is 13.9 Å². The normalized spacial score (nSPS) is 20.1. The third-order valence-electron chi connectivity index (χ3n) is 4.18. The summed E-state index contributed by atoms with van der Waals surface area (Å²) in [7, 11) is 0. The highest BCUT2D eigenvalue weighted by Gasteiger charge is 2.24. The Hall–Kier alpha value is -2.18. The fourth-order valence-electron chi connectivity index (χ4n) is 3.09. The number of anilines is 1. The summed E-state index contributed by atoms with van der Waals surface area (Å²) in [6, 6.07) is 8.10.